The van der Waals surface area contributed by atoms with Crippen LogP contribution < -0.4 is 180 Å². The van der Waals surface area contributed by atoms with Crippen molar-refractivity contribution < 1.29 is 76.7 Å². The first-order chi connectivity index (χ1) is 64.8. The standard InChI is InChI=1S/C78H144N42O16S/c1-41(98-3)59(125)109-38-56(122)110-45(13-4-26-100-70(80)81)61(127)112-46(14-5-27-101-71(82)83)62(128)113-47(15-6-28-102-72(84)85)63(129)114-48(16-7-29-103-73(86)87)64(130)115-49(17-8-30-104-74(88)89)65(131)116-50(18-9-31-105-75(90)91)66(132)117-51(19-10-32-106-76(92)93)67(133)118-52(20-11-33-107-77(94)95)68(134)119-53(21-12-34-108-78(96)97)69(135)120-55(40-137)60(126)99-35-36-136-39-57(123)111-54(58(79)124)37-43-22-24-44(25-23-43)42(2)121/h22-25,41,45-55,98,137H,4-21,26-40H2,1-3H3,(H2,79,124)(H,99,126)(H,109,125)(H,110,122)(H,111,123)(H,112,127)(H,113,128)(H,114,129)(H,115,130)(H,116,131)(H,117,132)(H,118,133)(H,119,134)(H,120,135)(H4,80,81,100)(H4,82,83,101)(H4,84,85,102)(H4,86,87,103)(H4,88,89,104)(H4,90,91,105)(H4,92,93,106)(H4,94,95,107)(H4,96,97,108)/t41-,45+,46+,47+,48+,49+,50+,51+,52+,53+,54-,55+/m0/s1. The van der Waals surface area contributed by atoms with E-state index in [0.717, 1.165) is 0 Å². The number of thiol groups is 1. The lowest BCUT2D eigenvalue weighted by Crippen LogP contribution is -2.61. The van der Waals surface area contributed by atoms with Gasteiger partial charge >= 0.3 is 0 Å². The number of nitrogens with two attached hydrogens (primary N) is 10. The van der Waals surface area contributed by atoms with Crippen molar-refractivity contribution in [2.75, 3.05) is 98.0 Å². The minimum absolute atomic E-state index is 0.000581. The number of hydrogen-bond acceptors (Lipinski definition) is 27. The summed E-state index contributed by atoms with van der Waals surface area (Å²) in [6.07, 6.45) is -2.33. The van der Waals surface area contributed by atoms with Crippen LogP contribution in [0.2, 0.25) is 0 Å². The van der Waals surface area contributed by atoms with Gasteiger partial charge in [-0.05, 0) is 142 Å². The maximum absolute atomic E-state index is 15.2. The average molecular weight is 1960 g/mol. The van der Waals surface area contributed by atoms with Gasteiger partial charge in [0.15, 0.2) is 59.4 Å². The van der Waals surface area contributed by atoms with Crippen molar-refractivity contribution in [2.45, 2.75) is 208 Å². The Kier molecular flexibility index (Phi) is 59.8. The number of nitrogens with one attached hydrogen (secondary N) is 32. The molecule has 0 saturated carbocycles. The van der Waals surface area contributed by atoms with Gasteiger partial charge in [0, 0.05) is 83.2 Å². The quantitative estimate of drug-likeness (QED) is 0.00947. The van der Waals surface area contributed by atoms with Gasteiger partial charge in [-0.3, -0.25) is 121 Å². The number of primary amides is 1. The molecule has 52 N–H and O–H groups in total. The molecule has 0 spiro atoms. The highest BCUT2D eigenvalue weighted by Crippen LogP contribution is 2.14. The number of Topliss-reactive ketones (excluding diaryl/α,β-unsaturated/α-hetero) is 1. The van der Waals surface area contributed by atoms with Crippen LogP contribution in [0, 0.1) is 48.7 Å². The fourth-order valence-electron chi connectivity index (χ4n) is 12.6. The van der Waals surface area contributed by atoms with E-state index in [1.54, 1.807) is 24.3 Å². The minimum Gasteiger partial charge on any atom is -0.370 e. The number of carbonyl (C=O) groups is 15. The summed E-state index contributed by atoms with van der Waals surface area (Å²) in [5, 5.41) is 129. The van der Waals surface area contributed by atoms with E-state index in [2.05, 4.69) is 135 Å². The second-order valence-corrected chi connectivity index (χ2v) is 31.6. The van der Waals surface area contributed by atoms with Crippen molar-refractivity contribution in [3.05, 3.63) is 35.4 Å². The molecular weight excluding hydrogens is 1810 g/mol. The van der Waals surface area contributed by atoms with Gasteiger partial charge in [0.25, 0.3) is 0 Å². The largest absolute Gasteiger partial charge is 0.370 e. The minimum atomic E-state index is -1.68. The smallest absolute Gasteiger partial charge is 0.246 e. The number of likely N-dealkylation sites (N-methyl/N-ethyl adjacent to an activating group) is 1. The summed E-state index contributed by atoms with van der Waals surface area (Å²) in [6.45, 7) is 0.873. The van der Waals surface area contributed by atoms with Crippen LogP contribution in [0.3, 0.4) is 0 Å². The molecule has 0 saturated heterocycles. The van der Waals surface area contributed by atoms with Crippen LogP contribution in [0.25, 0.3) is 0 Å². The van der Waals surface area contributed by atoms with Gasteiger partial charge < -0.3 is 184 Å². The van der Waals surface area contributed by atoms with Gasteiger partial charge in [0.05, 0.1) is 19.2 Å². The molecule has 58 nitrogen and oxygen atoms in total. The topological polar surface area (TPSA) is 1020 Å². The number of ether oxygens (including phenoxy) is 1. The van der Waals surface area contributed by atoms with Crippen LogP contribution in [0.5, 0.6) is 0 Å². The van der Waals surface area contributed by atoms with Crippen LogP contribution in [0.4, 0.5) is 0 Å². The van der Waals surface area contributed by atoms with Crippen molar-refractivity contribution in [2.24, 2.45) is 57.3 Å². The third kappa shape index (κ3) is 56.1. The van der Waals surface area contributed by atoms with E-state index in [1.165, 1.54) is 20.9 Å². The molecule has 0 aliphatic carbocycles. The lowest BCUT2D eigenvalue weighted by Gasteiger charge is -2.29. The normalized spacial score (nSPS) is 13.3. The molecule has 0 aromatic heterocycles. The molecule has 0 fully saturated rings. The second-order valence-electron chi connectivity index (χ2n) is 31.2. The Hall–Kier alpha value is -14.8. The van der Waals surface area contributed by atoms with E-state index in [4.69, 9.17) is 111 Å². The molecule has 137 heavy (non-hydrogen) atoms. The molecule has 1 rings (SSSR count). The molecule has 12 atom stereocenters. The number of ketones is 1. The first-order valence-electron chi connectivity index (χ1n) is 44.1. The number of amides is 14. The highest BCUT2D eigenvalue weighted by atomic mass is 32.1. The summed E-state index contributed by atoms with van der Waals surface area (Å²) in [5.41, 5.74) is 56.7. The molecule has 1 aromatic carbocycles. The Morgan fingerprint density at radius 3 is 0.752 bits per heavy atom. The molecule has 768 valence electrons. The van der Waals surface area contributed by atoms with Crippen molar-refractivity contribution in [3.63, 3.8) is 0 Å². The second kappa shape index (κ2) is 68.2. The predicted octanol–water partition coefficient (Wildman–Crippen LogP) is -13.6. The molecule has 0 aliphatic heterocycles. The van der Waals surface area contributed by atoms with Crippen molar-refractivity contribution >= 4 is 155 Å². The van der Waals surface area contributed by atoms with Crippen LogP contribution in [-0.2, 0) is 78.3 Å². The molecular formula is C78H144N42O16S. The van der Waals surface area contributed by atoms with E-state index in [9.17, 15) is 47.9 Å². The molecule has 1 aromatic rings. The summed E-state index contributed by atoms with van der Waals surface area (Å²) >= 11 is 4.28. The Morgan fingerprint density at radius 1 is 0.299 bits per heavy atom. The maximum atomic E-state index is 15.2. The Bertz CT molecular complexity index is 4210. The van der Waals surface area contributed by atoms with Crippen LogP contribution in [0.1, 0.15) is 145 Å². The van der Waals surface area contributed by atoms with E-state index in [1.807, 2.05) is 0 Å². The van der Waals surface area contributed by atoms with Crippen molar-refractivity contribution in [1.82, 2.24) is 122 Å². The zero-order valence-electron chi connectivity index (χ0n) is 77.3. The Balaban J connectivity index is 4.04. The van der Waals surface area contributed by atoms with Crippen molar-refractivity contribution in [3.8, 4) is 0 Å². The molecule has 0 bridgehead atoms. The average Bonchev–Trinajstić information content (AvgIpc) is 0.644. The molecule has 0 radical (unpaired) electrons. The molecule has 59 heteroatoms. The van der Waals surface area contributed by atoms with Gasteiger partial charge in [0.2, 0.25) is 82.7 Å². The molecule has 14 amide bonds. The van der Waals surface area contributed by atoms with Gasteiger partial charge in [-0.2, -0.15) is 12.6 Å². The first kappa shape index (κ1) is 120. The Labute approximate surface area is 798 Å². The fourth-order valence-corrected chi connectivity index (χ4v) is 12.9. The van der Waals surface area contributed by atoms with E-state index in [0.29, 0.717) is 11.1 Å². The van der Waals surface area contributed by atoms with Crippen LogP contribution >= 0.6 is 12.6 Å². The van der Waals surface area contributed by atoms with Gasteiger partial charge in [-0.25, -0.2) is 0 Å². The van der Waals surface area contributed by atoms with Crippen molar-refractivity contribution in [1.29, 1.82) is 48.7 Å². The summed E-state index contributed by atoms with van der Waals surface area (Å²) in [4.78, 5) is 210. The van der Waals surface area contributed by atoms with E-state index < -0.39 is 222 Å². The number of rotatable bonds is 71. The summed E-state index contributed by atoms with van der Waals surface area (Å²) < 4.78 is 5.42. The highest BCUT2D eigenvalue weighted by molar-refractivity contribution is 7.80. The molecule has 0 aliphatic rings. The third-order valence-electron chi connectivity index (χ3n) is 19.9. The number of carbonyl (C=O) groups excluding carboxylic acids is 15. The first-order valence-corrected chi connectivity index (χ1v) is 44.7. The van der Waals surface area contributed by atoms with Gasteiger partial charge in [-0.15, -0.1) is 0 Å². The molecule has 0 heterocycles. The zero-order chi connectivity index (χ0) is 103. The van der Waals surface area contributed by atoms with Crippen LogP contribution in [0.15, 0.2) is 24.3 Å². The van der Waals surface area contributed by atoms with E-state index >= 15 is 24.0 Å². The lowest BCUT2D eigenvalue weighted by molar-refractivity contribution is -0.136. The highest BCUT2D eigenvalue weighted by Gasteiger charge is 2.37. The van der Waals surface area contributed by atoms with Crippen LogP contribution in [-0.4, -0.2) is 313 Å². The van der Waals surface area contributed by atoms with E-state index in [-0.39, 0.29) is 206 Å². The fraction of sp³-hybridized carbons (Fsp3) is 0.615. The summed E-state index contributed by atoms with van der Waals surface area (Å²) in [6, 6.07) is -11.3. The monoisotopic (exact) mass is 1960 g/mol. The van der Waals surface area contributed by atoms with Gasteiger partial charge in [-0.1, -0.05) is 24.3 Å². The summed E-state index contributed by atoms with van der Waals surface area (Å²) in [7, 11) is 1.52. The SMILES string of the molecule is CN[C@@H](C)C(=O)NCC(=O)N[C@H](CCCNC(=N)N)C(=O)N[C@H](CCCNC(=N)N)C(=O)N[C@H](CCCNC(=N)N)C(=O)N[C@H](CCCNC(=N)N)C(=O)N[C@H](CCCNC(=N)N)C(=O)N[C@H](CCCNC(=N)N)C(=O)N[C@H](CCCNC(=N)N)C(=O)N[C@H](CCCNC(=N)N)C(=O)N[C@H](CCCNC(=N)N)C(=O)N[C@H](CS)C(=O)NCCOCC(=O)N[C@@H](Cc1ccc(C(C)=O)cc1)C(N)=O. The third-order valence-corrected chi connectivity index (χ3v) is 20.3. The molecule has 0 unspecified atom stereocenters. The lowest BCUT2D eigenvalue weighted by atomic mass is 10.0. The number of hydrogen-bond donors (Lipinski definition) is 43. The number of guanidine groups is 9. The predicted molar refractivity (Wildman–Crippen MR) is 512 cm³/mol. The number of benzene rings is 1. The summed E-state index contributed by atoms with van der Waals surface area (Å²) in [5.74, 6) is -17.5. The zero-order valence-corrected chi connectivity index (χ0v) is 78.2. The Morgan fingerprint density at radius 2 is 0.533 bits per heavy atom. The van der Waals surface area contributed by atoms with Gasteiger partial charge in [0.1, 0.15) is 73.1 Å². The maximum Gasteiger partial charge on any atom is 0.246 e.